The van der Waals surface area contributed by atoms with Crippen LogP contribution in [0.4, 0.5) is 11.6 Å². The molecular weight excluding hydrogens is 408 g/mol. The smallest absolute Gasteiger partial charge is 0.271 e. The minimum Gasteiger partial charge on any atom is -0.271 e. The van der Waals surface area contributed by atoms with Crippen molar-refractivity contribution in [2.75, 3.05) is 18.0 Å². The number of hydrogen-bond acceptors (Lipinski definition) is 7. The van der Waals surface area contributed by atoms with Gasteiger partial charge < -0.3 is 0 Å². The van der Waals surface area contributed by atoms with Crippen LogP contribution >= 0.6 is 0 Å². The fourth-order valence-corrected chi connectivity index (χ4v) is 3.71. The first-order valence-corrected chi connectivity index (χ1v) is 10.6. The summed E-state index contributed by atoms with van der Waals surface area (Å²) in [6, 6.07) is 18.7. The summed E-state index contributed by atoms with van der Waals surface area (Å²) in [5.74, 6) is 3.27. The lowest BCUT2D eigenvalue weighted by molar-refractivity contribution is -2.00. The molecule has 1 atom stereocenters. The van der Waals surface area contributed by atoms with Crippen LogP contribution in [0, 0.1) is 10.2 Å². The van der Waals surface area contributed by atoms with Crippen LogP contribution in [0.3, 0.4) is 0 Å². The predicted octanol–water partition coefficient (Wildman–Crippen LogP) is -1.83. The van der Waals surface area contributed by atoms with E-state index < -0.39 is 10.2 Å². The summed E-state index contributed by atoms with van der Waals surface area (Å²) >= 11 is 0. The van der Waals surface area contributed by atoms with Crippen molar-refractivity contribution >= 4 is 28.2 Å². The van der Waals surface area contributed by atoms with Gasteiger partial charge in [-0.1, -0.05) is 48.5 Å². The monoisotopic (exact) mass is 426 g/mol. The summed E-state index contributed by atoms with van der Waals surface area (Å²) in [4.78, 5) is 13.4. The van der Waals surface area contributed by atoms with E-state index in [2.05, 4.69) is 54.3 Å². The van der Waals surface area contributed by atoms with Crippen LogP contribution in [-0.2, 0) is 0 Å². The van der Waals surface area contributed by atoms with Gasteiger partial charge >= 0.3 is 0 Å². The zero-order valence-corrected chi connectivity index (χ0v) is 16.9. The standard InChI is InChI=1S/C21H18N4.ClHO4/c1-2-24-19-14-16(15-8-4-3-5-9-15)12-13-25(19)21-20(24)22-17-10-6-7-11-18(17)23-21;2-1(3,4)5/h3-12,14H,2,13H2,1H3;(H,2,3,4,5). The Balaban J connectivity index is 0.000000393. The van der Waals surface area contributed by atoms with Crippen molar-refractivity contribution in [1.29, 1.82) is 0 Å². The molecule has 0 aliphatic carbocycles. The van der Waals surface area contributed by atoms with Crippen LogP contribution in [0.5, 0.6) is 0 Å². The molecule has 2 aromatic carbocycles. The molecule has 3 heterocycles. The molecule has 0 fully saturated rings. The lowest BCUT2D eigenvalue weighted by Crippen LogP contribution is -3.05. The maximum atomic E-state index is 8.49. The van der Waals surface area contributed by atoms with Crippen LogP contribution < -0.4 is 28.4 Å². The van der Waals surface area contributed by atoms with E-state index in [4.69, 9.17) is 28.6 Å². The first-order valence-electron chi connectivity index (χ1n) is 9.35. The van der Waals surface area contributed by atoms with E-state index in [1.54, 1.807) is 0 Å². The van der Waals surface area contributed by atoms with E-state index in [0.717, 1.165) is 35.8 Å². The van der Waals surface area contributed by atoms with Gasteiger partial charge in [0, 0.05) is 12.6 Å². The molecule has 0 saturated heterocycles. The van der Waals surface area contributed by atoms with Crippen LogP contribution in [-0.4, -0.2) is 23.1 Å². The van der Waals surface area contributed by atoms with E-state index in [0.29, 0.717) is 0 Å². The molecule has 0 radical (unpaired) electrons. The molecule has 0 amide bonds. The third kappa shape index (κ3) is 4.19. The largest absolute Gasteiger partial charge is 0.277 e. The molecule has 30 heavy (non-hydrogen) atoms. The molecule has 3 aromatic rings. The number of rotatable bonds is 2. The molecule has 1 N–H and O–H groups in total. The summed E-state index contributed by atoms with van der Waals surface area (Å²) in [5.41, 5.74) is 4.45. The van der Waals surface area contributed by atoms with Crippen molar-refractivity contribution in [2.24, 2.45) is 0 Å². The highest BCUT2D eigenvalue weighted by Crippen LogP contribution is 2.33. The quantitative estimate of drug-likeness (QED) is 0.510. The second kappa shape index (κ2) is 8.11. The average molecular weight is 427 g/mol. The zero-order valence-electron chi connectivity index (χ0n) is 16.1. The number of halogens is 1. The van der Waals surface area contributed by atoms with Crippen molar-refractivity contribution in [2.45, 2.75) is 6.92 Å². The van der Waals surface area contributed by atoms with E-state index in [-0.39, 0.29) is 0 Å². The van der Waals surface area contributed by atoms with Gasteiger partial charge in [0.05, 0.1) is 17.6 Å². The van der Waals surface area contributed by atoms with Gasteiger partial charge in [-0.25, -0.2) is 28.5 Å². The predicted molar refractivity (Wildman–Crippen MR) is 101 cm³/mol. The summed E-state index contributed by atoms with van der Waals surface area (Å²) in [6.45, 7) is 3.98. The van der Waals surface area contributed by atoms with Crippen molar-refractivity contribution in [3.63, 3.8) is 0 Å². The van der Waals surface area contributed by atoms with Crippen molar-refractivity contribution in [3.8, 4) is 0 Å². The topological polar surface area (TPSA) is 126 Å². The highest BCUT2D eigenvalue weighted by molar-refractivity contribution is 5.83. The summed E-state index contributed by atoms with van der Waals surface area (Å²) in [6.07, 6.45) is 4.56. The Morgan fingerprint density at radius 1 is 0.933 bits per heavy atom. The fourth-order valence-electron chi connectivity index (χ4n) is 3.71. The Morgan fingerprint density at radius 2 is 1.53 bits per heavy atom. The number of hydrogen-bond donors (Lipinski definition) is 1. The number of benzene rings is 2. The summed E-state index contributed by atoms with van der Waals surface area (Å²) < 4.78 is 34.0. The van der Waals surface area contributed by atoms with E-state index in [9.17, 15) is 0 Å². The molecule has 8 nitrogen and oxygen atoms in total. The van der Waals surface area contributed by atoms with Crippen molar-refractivity contribution in [1.82, 2.24) is 9.97 Å². The van der Waals surface area contributed by atoms with Gasteiger partial charge in [-0.15, -0.1) is 10.2 Å². The Morgan fingerprint density at radius 3 is 2.17 bits per heavy atom. The number of nitrogens with one attached hydrogen (secondary N) is 1. The lowest BCUT2D eigenvalue weighted by Gasteiger charge is -2.22. The first kappa shape index (κ1) is 20.4. The first-order chi connectivity index (χ1) is 14.3. The Bertz CT molecular complexity index is 1090. The van der Waals surface area contributed by atoms with Gasteiger partial charge in [-0.2, -0.15) is 4.98 Å². The fraction of sp³-hybridized carbons (Fsp3) is 0.143. The second-order valence-electron chi connectivity index (χ2n) is 6.76. The van der Waals surface area contributed by atoms with Gasteiger partial charge in [0.1, 0.15) is 0 Å². The number of aromatic nitrogens is 2. The SMILES string of the molecule is CC[NH+]1C2=CC(c3ccccc3)=CCN2c2nc3ccccc3nc21.[O-][Cl+3]([O-])([O-])[O-]. The third-order valence-corrected chi connectivity index (χ3v) is 4.94. The number of anilines is 1. The van der Waals surface area contributed by atoms with Gasteiger partial charge in [0.25, 0.3) is 5.82 Å². The van der Waals surface area contributed by atoms with E-state index in [1.165, 1.54) is 21.9 Å². The summed E-state index contributed by atoms with van der Waals surface area (Å²) in [7, 11) is -4.94. The molecule has 154 valence electrons. The minimum atomic E-state index is -4.94. The van der Waals surface area contributed by atoms with E-state index >= 15 is 0 Å². The normalized spacial score (nSPS) is 17.5. The second-order valence-corrected chi connectivity index (χ2v) is 7.52. The van der Waals surface area contributed by atoms with Crippen LogP contribution in [0.1, 0.15) is 12.5 Å². The number of allylic oxidation sites excluding steroid dienone is 2. The Kier molecular flexibility index (Phi) is 5.52. The number of quaternary nitrogens is 1. The van der Waals surface area contributed by atoms with Crippen LogP contribution in [0.2, 0.25) is 0 Å². The number of para-hydroxylation sites is 2. The van der Waals surface area contributed by atoms with Gasteiger partial charge in [0.15, 0.2) is 0 Å². The van der Waals surface area contributed by atoms with Crippen molar-refractivity contribution in [3.05, 3.63) is 78.1 Å². The maximum Gasteiger partial charge on any atom is 0.277 e. The molecule has 2 aliphatic heterocycles. The van der Waals surface area contributed by atoms with Gasteiger partial charge in [-0.05, 0) is 30.2 Å². The van der Waals surface area contributed by atoms with Crippen LogP contribution in [0.25, 0.3) is 16.6 Å². The number of fused-ring (bicyclic) bond motifs is 4. The third-order valence-electron chi connectivity index (χ3n) is 4.94. The molecular formula is C21H19ClN4O4. The molecule has 0 spiro atoms. The van der Waals surface area contributed by atoms with Crippen LogP contribution in [0.15, 0.2) is 72.6 Å². The average Bonchev–Trinajstić information content (AvgIpc) is 3.03. The molecule has 0 bridgehead atoms. The number of nitrogens with zero attached hydrogens (tertiary/aromatic N) is 3. The highest BCUT2D eigenvalue weighted by Gasteiger charge is 2.40. The van der Waals surface area contributed by atoms with E-state index in [1.807, 2.05) is 24.3 Å². The van der Waals surface area contributed by atoms with Gasteiger partial charge in [-0.3, -0.25) is 4.90 Å². The zero-order chi connectivity index (χ0) is 21.3. The molecule has 9 heteroatoms. The lowest BCUT2D eigenvalue weighted by atomic mass is 10.0. The molecule has 2 aliphatic rings. The maximum absolute atomic E-state index is 8.49. The molecule has 1 aromatic heterocycles. The summed E-state index contributed by atoms with van der Waals surface area (Å²) in [5, 5.41) is 0. The minimum absolute atomic E-state index is 0.833. The molecule has 0 saturated carbocycles. The Labute approximate surface area is 175 Å². The molecule has 5 rings (SSSR count). The molecule has 1 unspecified atom stereocenters. The highest BCUT2D eigenvalue weighted by atomic mass is 35.7. The Hall–Kier alpha value is -2.85. The van der Waals surface area contributed by atoms with Crippen molar-refractivity contribution < 1.29 is 33.8 Å². The van der Waals surface area contributed by atoms with Gasteiger partial charge in [0.2, 0.25) is 11.6 Å².